The SMILES string of the molecule is Cc1ccc(C(=O)N2CC(F)CC2Cn2cc(C(=O)N3CCCC3)nn2)cn1. The predicted octanol–water partition coefficient (Wildman–Crippen LogP) is 1.47. The second-order valence-corrected chi connectivity index (χ2v) is 7.46. The minimum Gasteiger partial charge on any atom is -0.337 e. The van der Waals surface area contributed by atoms with Crippen LogP contribution in [0.25, 0.3) is 0 Å². The molecule has 2 fully saturated rings. The number of hydrogen-bond acceptors (Lipinski definition) is 5. The molecule has 0 radical (unpaired) electrons. The normalized spacial score (nSPS) is 22.1. The van der Waals surface area contributed by atoms with Crippen molar-refractivity contribution in [3.63, 3.8) is 0 Å². The maximum atomic E-state index is 14.1. The van der Waals surface area contributed by atoms with E-state index in [2.05, 4.69) is 15.3 Å². The van der Waals surface area contributed by atoms with E-state index in [-0.39, 0.29) is 36.5 Å². The molecule has 2 saturated heterocycles. The molecule has 2 atom stereocenters. The van der Waals surface area contributed by atoms with E-state index in [0.29, 0.717) is 12.1 Å². The molecule has 0 aromatic carbocycles. The fourth-order valence-corrected chi connectivity index (χ4v) is 3.83. The number of aromatic nitrogens is 4. The van der Waals surface area contributed by atoms with E-state index in [1.165, 1.54) is 15.8 Å². The molecule has 28 heavy (non-hydrogen) atoms. The van der Waals surface area contributed by atoms with Crippen molar-refractivity contribution in [3.8, 4) is 0 Å². The summed E-state index contributed by atoms with van der Waals surface area (Å²) < 4.78 is 15.6. The molecule has 2 aliphatic heterocycles. The summed E-state index contributed by atoms with van der Waals surface area (Å²) in [5.41, 5.74) is 1.54. The third kappa shape index (κ3) is 3.74. The van der Waals surface area contributed by atoms with Crippen molar-refractivity contribution >= 4 is 11.8 Å². The van der Waals surface area contributed by atoms with Crippen LogP contribution in [-0.2, 0) is 6.54 Å². The van der Waals surface area contributed by atoms with Crippen LogP contribution in [0.1, 0.15) is 45.8 Å². The number of hydrogen-bond donors (Lipinski definition) is 0. The Labute approximate surface area is 162 Å². The van der Waals surface area contributed by atoms with E-state index in [4.69, 9.17) is 0 Å². The van der Waals surface area contributed by atoms with Gasteiger partial charge in [-0.15, -0.1) is 5.10 Å². The van der Waals surface area contributed by atoms with Crippen molar-refractivity contribution in [2.75, 3.05) is 19.6 Å². The van der Waals surface area contributed by atoms with E-state index in [1.807, 2.05) is 6.92 Å². The van der Waals surface area contributed by atoms with Crippen molar-refractivity contribution in [1.29, 1.82) is 0 Å². The third-order valence-corrected chi connectivity index (χ3v) is 5.33. The Morgan fingerprint density at radius 3 is 2.71 bits per heavy atom. The van der Waals surface area contributed by atoms with Crippen molar-refractivity contribution in [2.45, 2.75) is 44.9 Å². The standard InChI is InChI=1S/C19H23FN6O2/c1-13-4-5-14(9-21-13)18(27)26-10-15(20)8-16(26)11-25-12-17(22-23-25)19(28)24-6-2-3-7-24/h4-5,9,12,15-16H,2-3,6-8,10-11H2,1H3. The largest absolute Gasteiger partial charge is 0.337 e. The minimum atomic E-state index is -1.08. The first-order valence-corrected chi connectivity index (χ1v) is 9.58. The van der Waals surface area contributed by atoms with Gasteiger partial charge in [0.15, 0.2) is 5.69 Å². The van der Waals surface area contributed by atoms with Crippen LogP contribution >= 0.6 is 0 Å². The smallest absolute Gasteiger partial charge is 0.276 e. The van der Waals surface area contributed by atoms with Gasteiger partial charge in [0.1, 0.15) is 6.17 Å². The molecule has 2 aliphatic rings. The lowest BCUT2D eigenvalue weighted by Gasteiger charge is -2.24. The lowest BCUT2D eigenvalue weighted by molar-refractivity contribution is 0.0713. The number of carbonyl (C=O) groups is 2. The molecule has 0 saturated carbocycles. The Kier molecular flexibility index (Phi) is 5.06. The number of rotatable bonds is 4. The number of carbonyl (C=O) groups excluding carboxylic acids is 2. The summed E-state index contributed by atoms with van der Waals surface area (Å²) in [6.07, 6.45) is 4.27. The second-order valence-electron chi connectivity index (χ2n) is 7.46. The number of nitrogens with zero attached hydrogens (tertiary/aromatic N) is 6. The highest BCUT2D eigenvalue weighted by atomic mass is 19.1. The van der Waals surface area contributed by atoms with Gasteiger partial charge in [-0.3, -0.25) is 14.6 Å². The highest BCUT2D eigenvalue weighted by Crippen LogP contribution is 2.24. The highest BCUT2D eigenvalue weighted by molar-refractivity contribution is 5.94. The number of amides is 2. The summed E-state index contributed by atoms with van der Waals surface area (Å²) in [6, 6.07) is 3.12. The fraction of sp³-hybridized carbons (Fsp3) is 0.526. The molecule has 9 heteroatoms. The lowest BCUT2D eigenvalue weighted by Crippen LogP contribution is -2.38. The van der Waals surface area contributed by atoms with Crippen LogP contribution in [0.2, 0.25) is 0 Å². The van der Waals surface area contributed by atoms with E-state index < -0.39 is 6.17 Å². The van der Waals surface area contributed by atoms with Crippen LogP contribution < -0.4 is 0 Å². The number of likely N-dealkylation sites (tertiary alicyclic amines) is 2. The molecule has 0 aliphatic carbocycles. The molecule has 4 heterocycles. The van der Waals surface area contributed by atoms with Gasteiger partial charge in [-0.05, 0) is 31.9 Å². The van der Waals surface area contributed by atoms with Gasteiger partial charge in [-0.1, -0.05) is 5.21 Å². The Hall–Kier alpha value is -2.84. The average molecular weight is 386 g/mol. The van der Waals surface area contributed by atoms with Gasteiger partial charge in [-0.25, -0.2) is 9.07 Å². The summed E-state index contributed by atoms with van der Waals surface area (Å²) in [7, 11) is 0. The van der Waals surface area contributed by atoms with Crippen molar-refractivity contribution in [1.82, 2.24) is 29.8 Å². The summed E-state index contributed by atoms with van der Waals surface area (Å²) in [6.45, 7) is 3.67. The molecule has 148 valence electrons. The number of alkyl halides is 1. The van der Waals surface area contributed by atoms with Crippen LogP contribution in [-0.4, -0.2) is 73.4 Å². The highest BCUT2D eigenvalue weighted by Gasteiger charge is 2.36. The summed E-state index contributed by atoms with van der Waals surface area (Å²) in [4.78, 5) is 32.7. The van der Waals surface area contributed by atoms with Gasteiger partial charge < -0.3 is 9.80 Å². The average Bonchev–Trinajstić information content (AvgIpc) is 3.43. The lowest BCUT2D eigenvalue weighted by atomic mass is 10.2. The first kappa shape index (κ1) is 18.5. The molecule has 0 bridgehead atoms. The van der Waals surface area contributed by atoms with Crippen LogP contribution in [0.15, 0.2) is 24.5 Å². The molecule has 4 rings (SSSR count). The Morgan fingerprint density at radius 2 is 2.00 bits per heavy atom. The van der Waals surface area contributed by atoms with Crippen molar-refractivity contribution in [2.24, 2.45) is 0 Å². The quantitative estimate of drug-likeness (QED) is 0.795. The molecule has 2 aromatic heterocycles. The Bertz CT molecular complexity index is 862. The van der Waals surface area contributed by atoms with Crippen molar-refractivity contribution in [3.05, 3.63) is 41.5 Å². The number of aryl methyl sites for hydroxylation is 1. The van der Waals surface area contributed by atoms with E-state index >= 15 is 0 Å². The zero-order chi connectivity index (χ0) is 19.7. The van der Waals surface area contributed by atoms with E-state index in [9.17, 15) is 14.0 Å². The predicted molar refractivity (Wildman–Crippen MR) is 98.5 cm³/mol. The number of halogens is 1. The molecule has 0 N–H and O–H groups in total. The molecule has 8 nitrogen and oxygen atoms in total. The zero-order valence-corrected chi connectivity index (χ0v) is 15.8. The van der Waals surface area contributed by atoms with Crippen LogP contribution in [0, 0.1) is 6.92 Å². The van der Waals surface area contributed by atoms with Crippen LogP contribution in [0.5, 0.6) is 0 Å². The third-order valence-electron chi connectivity index (χ3n) is 5.33. The molecular weight excluding hydrogens is 363 g/mol. The number of pyridine rings is 1. The summed E-state index contributed by atoms with van der Waals surface area (Å²) in [5.74, 6) is -0.372. The topological polar surface area (TPSA) is 84.2 Å². The first-order chi connectivity index (χ1) is 13.5. The monoisotopic (exact) mass is 386 g/mol. The maximum Gasteiger partial charge on any atom is 0.276 e. The first-order valence-electron chi connectivity index (χ1n) is 9.58. The van der Waals surface area contributed by atoms with E-state index in [1.54, 1.807) is 23.2 Å². The van der Waals surface area contributed by atoms with Gasteiger partial charge >= 0.3 is 0 Å². The molecule has 2 aromatic rings. The van der Waals surface area contributed by atoms with E-state index in [0.717, 1.165) is 31.6 Å². The fourth-order valence-electron chi connectivity index (χ4n) is 3.83. The maximum absolute atomic E-state index is 14.1. The Morgan fingerprint density at radius 1 is 1.21 bits per heavy atom. The minimum absolute atomic E-state index is 0.0473. The van der Waals surface area contributed by atoms with Gasteiger partial charge in [0.25, 0.3) is 11.8 Å². The molecule has 2 amide bonds. The van der Waals surface area contributed by atoms with Crippen LogP contribution in [0.4, 0.5) is 4.39 Å². The summed E-state index contributed by atoms with van der Waals surface area (Å²) >= 11 is 0. The van der Waals surface area contributed by atoms with Crippen LogP contribution in [0.3, 0.4) is 0 Å². The van der Waals surface area contributed by atoms with Crippen molar-refractivity contribution < 1.29 is 14.0 Å². The summed E-state index contributed by atoms with van der Waals surface area (Å²) in [5, 5.41) is 8.00. The second kappa shape index (κ2) is 7.65. The Balaban J connectivity index is 1.46. The van der Waals surface area contributed by atoms with Gasteiger partial charge in [0, 0.05) is 31.4 Å². The molecular formula is C19H23FN6O2. The van der Waals surface area contributed by atoms with Gasteiger partial charge in [0.2, 0.25) is 0 Å². The molecule has 2 unspecified atom stereocenters. The van der Waals surface area contributed by atoms with Gasteiger partial charge in [0.05, 0.1) is 30.9 Å². The van der Waals surface area contributed by atoms with Gasteiger partial charge in [-0.2, -0.15) is 0 Å². The molecule has 0 spiro atoms. The zero-order valence-electron chi connectivity index (χ0n) is 15.8.